The molecule has 4 heteroatoms. The van der Waals surface area contributed by atoms with E-state index in [-0.39, 0.29) is 6.10 Å². The summed E-state index contributed by atoms with van der Waals surface area (Å²) in [6, 6.07) is 0. The largest absolute Gasteiger partial charge is 0.475 e. The molecule has 0 aliphatic heterocycles. The quantitative estimate of drug-likeness (QED) is 0.446. The van der Waals surface area contributed by atoms with Crippen LogP contribution in [-0.4, -0.2) is 17.5 Å². The fraction of sp³-hybridized carbons (Fsp3) is 0.700. The molecule has 0 saturated heterocycles. The van der Waals surface area contributed by atoms with Gasteiger partial charge in [0.2, 0.25) is 5.88 Å². The zero-order valence-corrected chi connectivity index (χ0v) is 10.4. The Morgan fingerprint density at radius 3 is 2.43 bits per heavy atom. The van der Waals surface area contributed by atoms with Crippen molar-refractivity contribution in [1.29, 1.82) is 0 Å². The Morgan fingerprint density at radius 2 is 2.07 bits per heavy atom. The molecule has 2 N–H and O–H groups in total. The number of aliphatic imine (C=N–C) groups is 1. The number of hydrogen-bond acceptors (Lipinski definition) is 3. The molecule has 3 nitrogen and oxygen atoms in total. The average molecular weight is 216 g/mol. The molecule has 1 atom stereocenters. The molecule has 0 amide bonds. The molecule has 0 aromatic heterocycles. The van der Waals surface area contributed by atoms with Gasteiger partial charge in [-0.25, -0.2) is 0 Å². The lowest BCUT2D eigenvalue weighted by Crippen LogP contribution is -2.11. The van der Waals surface area contributed by atoms with Gasteiger partial charge >= 0.3 is 0 Å². The Bertz CT molecular complexity index is 232. The van der Waals surface area contributed by atoms with Gasteiger partial charge in [0.15, 0.2) is 5.17 Å². The summed E-state index contributed by atoms with van der Waals surface area (Å²) in [4.78, 5) is 4.20. The van der Waals surface area contributed by atoms with E-state index in [1.165, 1.54) is 11.8 Å². The van der Waals surface area contributed by atoms with Crippen LogP contribution in [0, 0.1) is 0 Å². The number of nitrogens with two attached hydrogens (primary N) is 1. The summed E-state index contributed by atoms with van der Waals surface area (Å²) >= 11 is 1.42. The van der Waals surface area contributed by atoms with Crippen molar-refractivity contribution in [3.63, 3.8) is 0 Å². The van der Waals surface area contributed by atoms with Crippen LogP contribution in [0.4, 0.5) is 0 Å². The van der Waals surface area contributed by atoms with Crippen LogP contribution in [0.3, 0.4) is 0 Å². The topological polar surface area (TPSA) is 47.6 Å². The van der Waals surface area contributed by atoms with E-state index in [1.807, 2.05) is 27.0 Å². The zero-order chi connectivity index (χ0) is 11.1. The number of rotatable bonds is 4. The van der Waals surface area contributed by atoms with E-state index < -0.39 is 0 Å². The molecule has 0 radical (unpaired) electrons. The molecule has 0 aromatic carbocycles. The second-order valence-corrected chi connectivity index (χ2v) is 4.12. The first-order valence-corrected chi connectivity index (χ1v) is 5.96. The lowest BCUT2D eigenvalue weighted by molar-refractivity contribution is 0.124. The van der Waals surface area contributed by atoms with Gasteiger partial charge in [0.1, 0.15) is 0 Å². The molecule has 82 valence electrons. The lowest BCUT2D eigenvalue weighted by atomic mass is 10.3. The number of thioether (sulfide) groups is 1. The van der Waals surface area contributed by atoms with Gasteiger partial charge in [0, 0.05) is 0 Å². The summed E-state index contributed by atoms with van der Waals surface area (Å²) in [5, 5.41) is 0.532. The fourth-order valence-electron chi connectivity index (χ4n) is 0.676. The maximum Gasteiger partial charge on any atom is 0.214 e. The monoisotopic (exact) mass is 216 g/mol. The molecule has 0 fully saturated rings. The summed E-state index contributed by atoms with van der Waals surface area (Å²) in [7, 11) is 0. The molecule has 14 heavy (non-hydrogen) atoms. The van der Waals surface area contributed by atoms with Crippen molar-refractivity contribution in [2.75, 3.05) is 6.26 Å². The highest BCUT2D eigenvalue weighted by Crippen LogP contribution is 2.13. The van der Waals surface area contributed by atoms with Gasteiger partial charge in [-0.1, -0.05) is 18.7 Å². The first-order valence-electron chi connectivity index (χ1n) is 4.73. The normalized spacial score (nSPS) is 13.6. The molecular formula is C10H20N2OS. The van der Waals surface area contributed by atoms with E-state index in [0.29, 0.717) is 11.1 Å². The standard InChI is InChI=1S/C10H20N2OS/c1-6-8(4)13-9(7(2)3)12-10(11)14-5/h8H,6H2,1-5H3,(H2,11,12). The Balaban J connectivity index is 4.57. The SMILES string of the molecule is CCC(C)OC(/N=C(\N)SC)=C(C)C. The van der Waals surface area contributed by atoms with Gasteiger partial charge < -0.3 is 10.5 Å². The van der Waals surface area contributed by atoms with Crippen LogP contribution in [0.2, 0.25) is 0 Å². The molecule has 0 heterocycles. The van der Waals surface area contributed by atoms with E-state index >= 15 is 0 Å². The van der Waals surface area contributed by atoms with Gasteiger partial charge in [-0.2, -0.15) is 4.99 Å². The van der Waals surface area contributed by atoms with Gasteiger partial charge in [-0.05, 0) is 39.0 Å². The maximum atomic E-state index is 5.63. The Kier molecular flexibility index (Phi) is 6.45. The van der Waals surface area contributed by atoms with Crippen LogP contribution in [0.15, 0.2) is 16.4 Å². The average Bonchev–Trinajstić information content (AvgIpc) is 2.16. The van der Waals surface area contributed by atoms with Crippen molar-refractivity contribution < 1.29 is 4.74 Å². The van der Waals surface area contributed by atoms with Crippen molar-refractivity contribution in [1.82, 2.24) is 0 Å². The van der Waals surface area contributed by atoms with Crippen LogP contribution < -0.4 is 5.73 Å². The van der Waals surface area contributed by atoms with Gasteiger partial charge in [-0.3, -0.25) is 0 Å². The number of allylic oxidation sites excluding steroid dienone is 1. The molecule has 0 bridgehead atoms. The van der Waals surface area contributed by atoms with Gasteiger partial charge in [0.05, 0.1) is 6.10 Å². The Morgan fingerprint density at radius 1 is 1.50 bits per heavy atom. The molecule has 0 saturated carbocycles. The highest BCUT2D eigenvalue weighted by atomic mass is 32.2. The summed E-state index contributed by atoms with van der Waals surface area (Å²) < 4.78 is 5.63. The predicted octanol–water partition coefficient (Wildman–Crippen LogP) is 2.73. The number of hydrogen-bond donors (Lipinski definition) is 1. The van der Waals surface area contributed by atoms with Crippen molar-refractivity contribution >= 4 is 16.9 Å². The van der Waals surface area contributed by atoms with Gasteiger partial charge in [0.25, 0.3) is 0 Å². The van der Waals surface area contributed by atoms with Crippen molar-refractivity contribution in [2.24, 2.45) is 10.7 Å². The molecule has 0 aliphatic rings. The zero-order valence-electron chi connectivity index (χ0n) is 9.63. The van der Waals surface area contributed by atoms with E-state index in [0.717, 1.165) is 12.0 Å². The minimum Gasteiger partial charge on any atom is -0.475 e. The van der Waals surface area contributed by atoms with E-state index in [4.69, 9.17) is 10.5 Å². The third kappa shape index (κ3) is 5.17. The van der Waals surface area contributed by atoms with Crippen LogP contribution in [0.1, 0.15) is 34.1 Å². The first-order chi connectivity index (χ1) is 6.51. The van der Waals surface area contributed by atoms with Crippen molar-refractivity contribution in [3.05, 3.63) is 11.5 Å². The highest BCUT2D eigenvalue weighted by molar-refractivity contribution is 8.13. The highest BCUT2D eigenvalue weighted by Gasteiger charge is 2.05. The molecule has 0 rings (SSSR count). The first kappa shape index (κ1) is 13.4. The summed E-state index contributed by atoms with van der Waals surface area (Å²) in [5.41, 5.74) is 6.67. The minimum atomic E-state index is 0.179. The van der Waals surface area contributed by atoms with Crippen LogP contribution >= 0.6 is 11.8 Å². The molecule has 1 unspecified atom stereocenters. The Hall–Kier alpha value is -0.640. The van der Waals surface area contributed by atoms with Crippen molar-refractivity contribution in [2.45, 2.75) is 40.2 Å². The Labute approximate surface area is 90.8 Å². The van der Waals surface area contributed by atoms with E-state index in [9.17, 15) is 0 Å². The molecule has 0 spiro atoms. The van der Waals surface area contributed by atoms with Crippen LogP contribution in [0.25, 0.3) is 0 Å². The van der Waals surface area contributed by atoms with Crippen LogP contribution in [-0.2, 0) is 4.74 Å². The smallest absolute Gasteiger partial charge is 0.214 e. The third-order valence-electron chi connectivity index (χ3n) is 1.74. The van der Waals surface area contributed by atoms with E-state index in [2.05, 4.69) is 11.9 Å². The maximum absolute atomic E-state index is 5.63. The molecule has 0 aromatic rings. The lowest BCUT2D eigenvalue weighted by Gasteiger charge is -2.14. The van der Waals surface area contributed by atoms with Crippen LogP contribution in [0.5, 0.6) is 0 Å². The minimum absolute atomic E-state index is 0.179. The number of amidine groups is 1. The summed E-state index contributed by atoms with van der Waals surface area (Å²) in [6.07, 6.45) is 3.04. The second kappa shape index (κ2) is 6.76. The summed E-state index contributed by atoms with van der Waals surface area (Å²) in [5.74, 6) is 0.645. The van der Waals surface area contributed by atoms with E-state index in [1.54, 1.807) is 0 Å². The second-order valence-electron chi connectivity index (χ2n) is 3.30. The third-order valence-corrected chi connectivity index (χ3v) is 2.25. The fourth-order valence-corrected chi connectivity index (χ4v) is 0.850. The number of nitrogens with zero attached hydrogens (tertiary/aromatic N) is 1. The summed E-state index contributed by atoms with van der Waals surface area (Å²) in [6.45, 7) is 8.03. The predicted molar refractivity (Wildman–Crippen MR) is 64.3 cm³/mol. The number of ether oxygens (including phenoxy) is 1. The molecule has 0 aliphatic carbocycles. The van der Waals surface area contributed by atoms with Crippen molar-refractivity contribution in [3.8, 4) is 0 Å². The molecular weight excluding hydrogens is 196 g/mol. The van der Waals surface area contributed by atoms with Gasteiger partial charge in [-0.15, -0.1) is 0 Å².